The van der Waals surface area contributed by atoms with Crippen LogP contribution in [0.4, 0.5) is 10.5 Å². The first-order valence-corrected chi connectivity index (χ1v) is 10.9. The Bertz CT molecular complexity index is 1130. The third-order valence-electron chi connectivity index (χ3n) is 4.73. The number of allylic oxidation sites excluding steroid dienone is 1. The summed E-state index contributed by atoms with van der Waals surface area (Å²) in [5, 5.41) is 14.0. The van der Waals surface area contributed by atoms with E-state index in [1.165, 1.54) is 11.8 Å². The third kappa shape index (κ3) is 5.76. The summed E-state index contributed by atoms with van der Waals surface area (Å²) in [5.41, 5.74) is 3.67. The largest absolute Gasteiger partial charge is 0.497 e. The molecule has 0 spiro atoms. The van der Waals surface area contributed by atoms with E-state index in [0.717, 1.165) is 22.4 Å². The summed E-state index contributed by atoms with van der Waals surface area (Å²) in [5.74, 6) is 0.977. The first-order chi connectivity index (χ1) is 15.4. The molecule has 0 radical (unpaired) electrons. The van der Waals surface area contributed by atoms with Crippen LogP contribution in [0.2, 0.25) is 0 Å². The summed E-state index contributed by atoms with van der Waals surface area (Å²) in [6, 6.07) is 12.4. The number of imide groups is 1. The molecule has 0 bridgehead atoms. The number of carbonyl (C=O) groups excluding carboxylic acids is 2. The molecule has 2 aromatic carbocycles. The molecular weight excluding hydrogens is 426 g/mol. The number of benzene rings is 2. The number of ether oxygens (including phenoxy) is 1. The molecule has 1 aromatic heterocycles. The molecule has 0 aliphatic rings. The monoisotopic (exact) mass is 451 g/mol. The van der Waals surface area contributed by atoms with Crippen LogP contribution in [-0.2, 0) is 11.3 Å². The number of urea groups is 1. The van der Waals surface area contributed by atoms with Gasteiger partial charge in [-0.2, -0.15) is 0 Å². The van der Waals surface area contributed by atoms with Crippen LogP contribution in [0.5, 0.6) is 5.75 Å². The molecule has 1 heterocycles. The lowest BCUT2D eigenvalue weighted by Gasteiger charge is -2.09. The Labute approximate surface area is 191 Å². The number of hydrogen-bond acceptors (Lipinski definition) is 6. The van der Waals surface area contributed by atoms with Gasteiger partial charge in [0.1, 0.15) is 5.75 Å². The molecule has 3 rings (SSSR count). The number of nitrogens with one attached hydrogen (secondary N) is 2. The Balaban J connectivity index is 1.62. The normalized spacial score (nSPS) is 10.5. The number of rotatable bonds is 8. The number of aromatic nitrogens is 3. The molecule has 8 nitrogen and oxygen atoms in total. The van der Waals surface area contributed by atoms with Gasteiger partial charge in [-0.1, -0.05) is 23.9 Å². The van der Waals surface area contributed by atoms with Crippen molar-refractivity contribution in [2.75, 3.05) is 18.2 Å². The predicted molar refractivity (Wildman–Crippen MR) is 126 cm³/mol. The van der Waals surface area contributed by atoms with Crippen molar-refractivity contribution in [3.05, 3.63) is 66.2 Å². The van der Waals surface area contributed by atoms with Crippen molar-refractivity contribution in [2.24, 2.45) is 0 Å². The van der Waals surface area contributed by atoms with Crippen LogP contribution in [0.1, 0.15) is 11.1 Å². The van der Waals surface area contributed by atoms with Crippen molar-refractivity contribution < 1.29 is 14.3 Å². The van der Waals surface area contributed by atoms with Crippen molar-refractivity contribution in [3.63, 3.8) is 0 Å². The topological polar surface area (TPSA) is 98.1 Å². The number of amides is 3. The van der Waals surface area contributed by atoms with Crippen molar-refractivity contribution in [1.82, 2.24) is 20.1 Å². The van der Waals surface area contributed by atoms with E-state index in [1.807, 2.05) is 54.8 Å². The molecule has 0 saturated heterocycles. The van der Waals surface area contributed by atoms with E-state index in [2.05, 4.69) is 27.4 Å². The Hall–Kier alpha value is -3.59. The van der Waals surface area contributed by atoms with Gasteiger partial charge in [0.05, 0.1) is 12.9 Å². The maximum atomic E-state index is 12.3. The third-order valence-corrected chi connectivity index (χ3v) is 5.69. The van der Waals surface area contributed by atoms with Crippen LogP contribution in [0.25, 0.3) is 11.4 Å². The van der Waals surface area contributed by atoms with E-state index in [0.29, 0.717) is 23.2 Å². The highest BCUT2D eigenvalue weighted by molar-refractivity contribution is 7.99. The van der Waals surface area contributed by atoms with E-state index < -0.39 is 11.9 Å². The van der Waals surface area contributed by atoms with Gasteiger partial charge in [-0.15, -0.1) is 16.8 Å². The lowest BCUT2D eigenvalue weighted by molar-refractivity contribution is -0.117. The van der Waals surface area contributed by atoms with Crippen LogP contribution < -0.4 is 15.4 Å². The van der Waals surface area contributed by atoms with Gasteiger partial charge in [0.25, 0.3) is 0 Å². The summed E-state index contributed by atoms with van der Waals surface area (Å²) in [7, 11) is 1.61. The second-order valence-electron chi connectivity index (χ2n) is 7.02. The van der Waals surface area contributed by atoms with Crippen LogP contribution in [0.15, 0.2) is 60.3 Å². The Morgan fingerprint density at radius 1 is 1.12 bits per heavy atom. The standard InChI is InChI=1S/C23H25N5O3S/c1-5-12-28-21(17-7-10-19(31-4)11-8-17)26-27-23(28)32-14-20(29)25-22(30)24-18-9-6-15(2)16(3)13-18/h5-11,13H,1,12,14H2,2-4H3,(H2,24,25,29,30). The Kier molecular flexibility index (Phi) is 7.67. The number of methoxy groups -OCH3 is 1. The van der Waals surface area contributed by atoms with Gasteiger partial charge in [-0.05, 0) is 61.4 Å². The Morgan fingerprint density at radius 2 is 1.88 bits per heavy atom. The second kappa shape index (κ2) is 10.6. The zero-order valence-electron chi connectivity index (χ0n) is 18.2. The summed E-state index contributed by atoms with van der Waals surface area (Å²) in [4.78, 5) is 24.4. The number of hydrogen-bond donors (Lipinski definition) is 2. The van der Waals surface area contributed by atoms with Crippen LogP contribution in [-0.4, -0.2) is 39.6 Å². The highest BCUT2D eigenvalue weighted by Crippen LogP contribution is 2.25. The highest BCUT2D eigenvalue weighted by atomic mass is 32.2. The Morgan fingerprint density at radius 3 is 2.53 bits per heavy atom. The van der Waals surface area contributed by atoms with Gasteiger partial charge in [-0.3, -0.25) is 14.7 Å². The highest BCUT2D eigenvalue weighted by Gasteiger charge is 2.16. The molecular formula is C23H25N5O3S. The minimum Gasteiger partial charge on any atom is -0.497 e. The molecule has 32 heavy (non-hydrogen) atoms. The number of anilines is 1. The van der Waals surface area contributed by atoms with Gasteiger partial charge in [0.15, 0.2) is 11.0 Å². The van der Waals surface area contributed by atoms with E-state index in [1.54, 1.807) is 19.3 Å². The summed E-state index contributed by atoms with van der Waals surface area (Å²) < 4.78 is 7.06. The number of aryl methyl sites for hydroxylation is 2. The molecule has 2 N–H and O–H groups in total. The van der Waals surface area contributed by atoms with E-state index >= 15 is 0 Å². The second-order valence-corrected chi connectivity index (χ2v) is 7.97. The molecule has 3 amide bonds. The smallest absolute Gasteiger partial charge is 0.325 e. The molecule has 0 atom stereocenters. The molecule has 0 fully saturated rings. The average molecular weight is 452 g/mol. The molecule has 0 aliphatic carbocycles. The number of nitrogens with zero attached hydrogens (tertiary/aromatic N) is 3. The lowest BCUT2D eigenvalue weighted by atomic mass is 10.1. The molecule has 0 aliphatic heterocycles. The van der Waals surface area contributed by atoms with E-state index in [9.17, 15) is 9.59 Å². The number of carbonyl (C=O) groups is 2. The van der Waals surface area contributed by atoms with E-state index in [-0.39, 0.29) is 5.75 Å². The zero-order valence-corrected chi connectivity index (χ0v) is 19.0. The lowest BCUT2D eigenvalue weighted by Crippen LogP contribution is -2.35. The van der Waals surface area contributed by atoms with Gasteiger partial charge in [0.2, 0.25) is 5.91 Å². The first-order valence-electron chi connectivity index (χ1n) is 9.90. The van der Waals surface area contributed by atoms with Crippen LogP contribution in [0.3, 0.4) is 0 Å². The molecule has 9 heteroatoms. The maximum absolute atomic E-state index is 12.3. The quantitative estimate of drug-likeness (QED) is 0.394. The van der Waals surface area contributed by atoms with Crippen molar-refractivity contribution in [1.29, 1.82) is 0 Å². The van der Waals surface area contributed by atoms with Crippen molar-refractivity contribution in [3.8, 4) is 17.1 Å². The summed E-state index contributed by atoms with van der Waals surface area (Å²) in [6.45, 7) is 8.21. The summed E-state index contributed by atoms with van der Waals surface area (Å²) in [6.07, 6.45) is 1.73. The van der Waals surface area contributed by atoms with Crippen molar-refractivity contribution >= 4 is 29.4 Å². The van der Waals surface area contributed by atoms with Gasteiger partial charge >= 0.3 is 6.03 Å². The minimum absolute atomic E-state index is 0.0121. The fraction of sp³-hybridized carbons (Fsp3) is 0.217. The fourth-order valence-electron chi connectivity index (χ4n) is 2.92. The molecule has 166 valence electrons. The van der Waals surface area contributed by atoms with Gasteiger partial charge in [0, 0.05) is 17.8 Å². The first kappa shape index (κ1) is 23.1. The molecule has 0 unspecified atom stereocenters. The van der Waals surface area contributed by atoms with Crippen molar-refractivity contribution in [2.45, 2.75) is 25.5 Å². The minimum atomic E-state index is -0.578. The number of thioether (sulfide) groups is 1. The van der Waals surface area contributed by atoms with Gasteiger partial charge in [-0.25, -0.2) is 4.79 Å². The van der Waals surface area contributed by atoms with Gasteiger partial charge < -0.3 is 10.1 Å². The zero-order chi connectivity index (χ0) is 23.1. The van der Waals surface area contributed by atoms with Crippen LogP contribution >= 0.6 is 11.8 Å². The average Bonchev–Trinajstić information content (AvgIpc) is 3.17. The predicted octanol–water partition coefficient (Wildman–Crippen LogP) is 4.20. The fourth-order valence-corrected chi connectivity index (χ4v) is 3.66. The SMILES string of the molecule is C=CCn1c(SCC(=O)NC(=O)Nc2ccc(C)c(C)c2)nnc1-c1ccc(OC)cc1. The maximum Gasteiger partial charge on any atom is 0.325 e. The van der Waals surface area contributed by atoms with E-state index in [4.69, 9.17) is 4.74 Å². The van der Waals surface area contributed by atoms with Crippen LogP contribution in [0, 0.1) is 13.8 Å². The summed E-state index contributed by atoms with van der Waals surface area (Å²) >= 11 is 1.20. The molecule has 0 saturated carbocycles. The molecule has 3 aromatic rings.